The molecule has 20 heavy (non-hydrogen) atoms. The summed E-state index contributed by atoms with van der Waals surface area (Å²) in [5, 5.41) is 8.48. The lowest BCUT2D eigenvalue weighted by molar-refractivity contribution is 0.0656. The highest BCUT2D eigenvalue weighted by atomic mass is 32.2. The molecule has 7 heteroatoms. The molecular weight excluding hydrogens is 282 g/mol. The van der Waals surface area contributed by atoms with Gasteiger partial charge in [-0.3, -0.25) is 0 Å². The third kappa shape index (κ3) is 2.73. The van der Waals surface area contributed by atoms with Crippen LogP contribution in [-0.2, 0) is 10.0 Å². The summed E-state index contributed by atoms with van der Waals surface area (Å²) in [5.74, 6) is -1.36. The maximum absolute atomic E-state index is 12.5. The molecule has 112 valence electrons. The monoisotopic (exact) mass is 301 g/mol. The standard InChI is InChI=1S/C13H19NO5S/c1-9-5-3-4-6-10(9)14(2)20(17,18)12-8-7-11(19-12)13(15)16/h7-10H,3-6H2,1-2H3,(H,15,16). The molecule has 0 spiro atoms. The topological polar surface area (TPSA) is 87.8 Å². The maximum Gasteiger partial charge on any atom is 0.371 e. The van der Waals surface area contributed by atoms with Crippen LogP contribution in [-0.4, -0.2) is 36.9 Å². The van der Waals surface area contributed by atoms with Gasteiger partial charge in [-0.1, -0.05) is 19.8 Å². The first-order valence-corrected chi connectivity index (χ1v) is 8.09. The maximum atomic E-state index is 12.5. The van der Waals surface area contributed by atoms with Gasteiger partial charge in [0.2, 0.25) is 10.9 Å². The van der Waals surface area contributed by atoms with Gasteiger partial charge in [0.15, 0.2) is 0 Å². The van der Waals surface area contributed by atoms with Gasteiger partial charge in [0.05, 0.1) is 0 Å². The summed E-state index contributed by atoms with van der Waals surface area (Å²) < 4.78 is 31.2. The van der Waals surface area contributed by atoms with Crippen molar-refractivity contribution >= 4 is 16.0 Å². The molecule has 6 nitrogen and oxygen atoms in total. The molecule has 1 aromatic rings. The lowest BCUT2D eigenvalue weighted by Gasteiger charge is -2.34. The Hall–Kier alpha value is -1.34. The summed E-state index contributed by atoms with van der Waals surface area (Å²) in [5.41, 5.74) is 0. The van der Waals surface area contributed by atoms with Crippen molar-refractivity contribution in [2.24, 2.45) is 5.92 Å². The van der Waals surface area contributed by atoms with Crippen LogP contribution in [0.15, 0.2) is 21.6 Å². The number of carboxylic acids is 1. The van der Waals surface area contributed by atoms with Crippen LogP contribution in [0.4, 0.5) is 0 Å². The first-order valence-electron chi connectivity index (χ1n) is 6.65. The van der Waals surface area contributed by atoms with Gasteiger partial charge < -0.3 is 9.52 Å². The van der Waals surface area contributed by atoms with Crippen LogP contribution >= 0.6 is 0 Å². The van der Waals surface area contributed by atoms with E-state index in [1.807, 2.05) is 6.92 Å². The predicted molar refractivity (Wildman–Crippen MR) is 72.0 cm³/mol. The van der Waals surface area contributed by atoms with Gasteiger partial charge >= 0.3 is 5.97 Å². The summed E-state index contributed by atoms with van der Waals surface area (Å²) >= 11 is 0. The van der Waals surface area contributed by atoms with Gasteiger partial charge in [-0.25, -0.2) is 13.2 Å². The zero-order valence-electron chi connectivity index (χ0n) is 11.6. The molecule has 1 aromatic heterocycles. The minimum Gasteiger partial charge on any atom is -0.475 e. The first-order chi connectivity index (χ1) is 9.34. The molecule has 1 N–H and O–H groups in total. The van der Waals surface area contributed by atoms with Crippen LogP contribution in [0.2, 0.25) is 0 Å². The van der Waals surface area contributed by atoms with Gasteiger partial charge in [-0.15, -0.1) is 0 Å². The fourth-order valence-corrected chi connectivity index (χ4v) is 4.12. The smallest absolute Gasteiger partial charge is 0.371 e. The zero-order valence-corrected chi connectivity index (χ0v) is 12.4. The fraction of sp³-hybridized carbons (Fsp3) is 0.615. The van der Waals surface area contributed by atoms with Gasteiger partial charge in [0, 0.05) is 13.1 Å². The quantitative estimate of drug-likeness (QED) is 0.921. The van der Waals surface area contributed by atoms with E-state index < -0.39 is 16.0 Å². The molecule has 0 radical (unpaired) electrons. The van der Waals surface area contributed by atoms with Crippen LogP contribution in [0, 0.1) is 5.92 Å². The van der Waals surface area contributed by atoms with Crippen molar-refractivity contribution in [2.45, 2.75) is 43.7 Å². The highest BCUT2D eigenvalue weighted by Gasteiger charge is 2.35. The van der Waals surface area contributed by atoms with E-state index in [2.05, 4.69) is 0 Å². The molecule has 1 aliphatic rings. The normalized spacial score (nSPS) is 23.9. The Morgan fingerprint density at radius 3 is 2.55 bits per heavy atom. The average Bonchev–Trinajstić information content (AvgIpc) is 2.89. The molecule has 1 heterocycles. The van der Waals surface area contributed by atoms with E-state index in [0.717, 1.165) is 31.7 Å². The molecule has 2 rings (SSSR count). The van der Waals surface area contributed by atoms with Crippen molar-refractivity contribution in [2.75, 3.05) is 7.05 Å². The summed E-state index contributed by atoms with van der Waals surface area (Å²) in [6, 6.07) is 2.29. The van der Waals surface area contributed by atoms with Crippen molar-refractivity contribution in [1.29, 1.82) is 0 Å². The Morgan fingerprint density at radius 1 is 1.35 bits per heavy atom. The Morgan fingerprint density at radius 2 is 2.00 bits per heavy atom. The molecule has 1 aliphatic carbocycles. The Kier molecular flexibility index (Phi) is 4.19. The molecule has 0 bridgehead atoms. The number of carbonyl (C=O) groups is 1. The number of aromatic carboxylic acids is 1. The number of sulfonamides is 1. The fourth-order valence-electron chi connectivity index (χ4n) is 2.73. The minimum absolute atomic E-state index is 0.0628. The summed E-state index contributed by atoms with van der Waals surface area (Å²) in [6.45, 7) is 2.04. The van der Waals surface area contributed by atoms with Crippen LogP contribution in [0.1, 0.15) is 43.2 Å². The van der Waals surface area contributed by atoms with E-state index in [1.54, 1.807) is 0 Å². The lowest BCUT2D eigenvalue weighted by Crippen LogP contribution is -2.42. The van der Waals surface area contributed by atoms with Gasteiger partial charge in [0.25, 0.3) is 10.0 Å². The van der Waals surface area contributed by atoms with E-state index in [0.29, 0.717) is 0 Å². The highest BCUT2D eigenvalue weighted by Crippen LogP contribution is 2.31. The van der Waals surface area contributed by atoms with Crippen LogP contribution in [0.25, 0.3) is 0 Å². The van der Waals surface area contributed by atoms with E-state index in [4.69, 9.17) is 9.52 Å². The molecular formula is C13H19NO5S. The summed E-state index contributed by atoms with van der Waals surface area (Å²) in [4.78, 5) is 10.8. The zero-order chi connectivity index (χ0) is 14.9. The number of hydrogen-bond acceptors (Lipinski definition) is 4. The SMILES string of the molecule is CC1CCCCC1N(C)S(=O)(=O)c1ccc(C(=O)O)o1. The highest BCUT2D eigenvalue weighted by molar-refractivity contribution is 7.89. The van der Waals surface area contributed by atoms with Crippen molar-refractivity contribution in [1.82, 2.24) is 4.31 Å². The first kappa shape index (κ1) is 15.1. The molecule has 0 aromatic carbocycles. The van der Waals surface area contributed by atoms with E-state index in [-0.39, 0.29) is 22.8 Å². The third-order valence-corrected chi connectivity index (χ3v) is 5.72. The van der Waals surface area contributed by atoms with Gasteiger partial charge in [-0.2, -0.15) is 4.31 Å². The van der Waals surface area contributed by atoms with Crippen molar-refractivity contribution in [3.8, 4) is 0 Å². The Bertz CT molecular complexity index is 592. The van der Waals surface area contributed by atoms with Crippen LogP contribution in [0.5, 0.6) is 0 Å². The number of rotatable bonds is 4. The van der Waals surface area contributed by atoms with E-state index in [9.17, 15) is 13.2 Å². The Labute approximate surface area is 118 Å². The molecule has 0 amide bonds. The van der Waals surface area contributed by atoms with Gasteiger partial charge in [0.1, 0.15) is 0 Å². The number of carboxylic acid groups (broad SMARTS) is 1. The van der Waals surface area contributed by atoms with Crippen molar-refractivity contribution in [3.63, 3.8) is 0 Å². The number of hydrogen-bond donors (Lipinski definition) is 1. The van der Waals surface area contributed by atoms with Crippen molar-refractivity contribution in [3.05, 3.63) is 17.9 Å². The molecule has 1 saturated carbocycles. The second-order valence-corrected chi connectivity index (χ2v) is 7.20. The lowest BCUT2D eigenvalue weighted by atomic mass is 9.86. The Balaban J connectivity index is 2.26. The van der Waals surface area contributed by atoms with E-state index in [1.165, 1.54) is 17.4 Å². The molecule has 1 fully saturated rings. The molecule has 0 aliphatic heterocycles. The largest absolute Gasteiger partial charge is 0.475 e. The summed E-state index contributed by atoms with van der Waals surface area (Å²) in [6.07, 6.45) is 3.95. The average molecular weight is 301 g/mol. The van der Waals surface area contributed by atoms with Crippen molar-refractivity contribution < 1.29 is 22.7 Å². The number of furan rings is 1. The number of nitrogens with zero attached hydrogens (tertiary/aromatic N) is 1. The third-order valence-electron chi connectivity index (χ3n) is 3.96. The molecule has 2 atom stereocenters. The van der Waals surface area contributed by atoms with Crippen LogP contribution < -0.4 is 0 Å². The van der Waals surface area contributed by atoms with Crippen LogP contribution in [0.3, 0.4) is 0 Å². The summed E-state index contributed by atoms with van der Waals surface area (Å²) in [7, 11) is -2.25. The second-order valence-electron chi connectivity index (χ2n) is 5.27. The molecule has 0 saturated heterocycles. The predicted octanol–water partition coefficient (Wildman–Crippen LogP) is 2.18. The minimum atomic E-state index is -3.78. The van der Waals surface area contributed by atoms with Gasteiger partial charge in [-0.05, 0) is 30.9 Å². The second kappa shape index (κ2) is 5.57. The van der Waals surface area contributed by atoms with E-state index >= 15 is 0 Å². The molecule has 2 unspecified atom stereocenters.